The van der Waals surface area contributed by atoms with Crippen molar-refractivity contribution in [3.8, 4) is 11.6 Å². The second-order valence-corrected chi connectivity index (χ2v) is 6.49. The summed E-state index contributed by atoms with van der Waals surface area (Å²) in [5.74, 6) is 1.14. The topological polar surface area (TPSA) is 72.9 Å². The SMILES string of the molecule is CCOc1ccc([C@@H]2OC(=S)N(C(=O)Nc3ccccc3OCC)[C@@H]2C)cn1. The molecule has 2 amide bonds. The number of hydrogen-bond acceptors (Lipinski definition) is 6. The molecule has 28 heavy (non-hydrogen) atoms. The van der Waals surface area contributed by atoms with Crippen molar-refractivity contribution in [3.05, 3.63) is 48.2 Å². The molecule has 1 aliphatic heterocycles. The van der Waals surface area contributed by atoms with Crippen LogP contribution in [0.2, 0.25) is 0 Å². The molecule has 8 heteroatoms. The van der Waals surface area contributed by atoms with Gasteiger partial charge in [-0.05, 0) is 51.2 Å². The maximum atomic E-state index is 12.9. The Hall–Kier alpha value is -2.87. The lowest BCUT2D eigenvalue weighted by molar-refractivity contribution is 0.197. The zero-order chi connectivity index (χ0) is 20.1. The van der Waals surface area contributed by atoms with Gasteiger partial charge in [0.15, 0.2) is 0 Å². The van der Waals surface area contributed by atoms with Gasteiger partial charge in [-0.3, -0.25) is 0 Å². The van der Waals surface area contributed by atoms with Crippen molar-refractivity contribution in [2.24, 2.45) is 0 Å². The van der Waals surface area contributed by atoms with Crippen LogP contribution in [0.15, 0.2) is 42.6 Å². The molecule has 0 spiro atoms. The number of rotatable bonds is 6. The fourth-order valence-corrected chi connectivity index (χ4v) is 3.35. The van der Waals surface area contributed by atoms with Gasteiger partial charge < -0.3 is 19.5 Å². The minimum absolute atomic E-state index is 0.123. The van der Waals surface area contributed by atoms with Gasteiger partial charge in [-0.1, -0.05) is 12.1 Å². The zero-order valence-electron chi connectivity index (χ0n) is 16.0. The number of anilines is 1. The molecule has 148 valence electrons. The van der Waals surface area contributed by atoms with Crippen molar-refractivity contribution in [2.75, 3.05) is 18.5 Å². The van der Waals surface area contributed by atoms with Crippen LogP contribution in [0.4, 0.5) is 10.5 Å². The standard InChI is InChI=1S/C20H23N3O4S/c1-4-25-16-9-7-6-8-15(16)22-19(24)23-13(3)18(27-20(23)28)14-10-11-17(21-12-14)26-5-2/h6-13,18H,4-5H2,1-3H3,(H,22,24)/t13-,18-/m1/s1. The van der Waals surface area contributed by atoms with Gasteiger partial charge >= 0.3 is 6.03 Å². The molecule has 0 radical (unpaired) electrons. The van der Waals surface area contributed by atoms with Crippen LogP contribution in [0.3, 0.4) is 0 Å². The Balaban J connectivity index is 1.74. The van der Waals surface area contributed by atoms with E-state index < -0.39 is 6.10 Å². The second-order valence-electron chi connectivity index (χ2n) is 6.14. The van der Waals surface area contributed by atoms with Crippen molar-refractivity contribution < 1.29 is 19.0 Å². The van der Waals surface area contributed by atoms with E-state index in [0.29, 0.717) is 30.5 Å². The molecule has 1 aromatic carbocycles. The Kier molecular flexibility index (Phi) is 6.30. The molecule has 3 rings (SSSR count). The molecule has 0 bridgehead atoms. The summed E-state index contributed by atoms with van der Waals surface area (Å²) in [7, 11) is 0. The maximum Gasteiger partial charge on any atom is 0.329 e. The third-order valence-corrected chi connectivity index (χ3v) is 4.59. The lowest BCUT2D eigenvalue weighted by Crippen LogP contribution is -2.40. The number of nitrogens with zero attached hydrogens (tertiary/aromatic N) is 2. The Morgan fingerprint density at radius 3 is 2.64 bits per heavy atom. The van der Waals surface area contributed by atoms with E-state index in [1.165, 1.54) is 4.90 Å². The molecule has 2 heterocycles. The highest BCUT2D eigenvalue weighted by atomic mass is 32.1. The van der Waals surface area contributed by atoms with Crippen molar-refractivity contribution in [1.82, 2.24) is 9.88 Å². The van der Waals surface area contributed by atoms with Crippen LogP contribution in [0, 0.1) is 0 Å². The number of urea groups is 1. The molecule has 0 unspecified atom stereocenters. The maximum absolute atomic E-state index is 12.9. The fourth-order valence-electron chi connectivity index (χ4n) is 3.00. The monoisotopic (exact) mass is 401 g/mol. The molecular weight excluding hydrogens is 378 g/mol. The second kappa shape index (κ2) is 8.88. The van der Waals surface area contributed by atoms with Crippen LogP contribution in [0.1, 0.15) is 32.4 Å². The summed E-state index contributed by atoms with van der Waals surface area (Å²) < 4.78 is 16.7. The first kappa shape index (κ1) is 19.9. The molecule has 0 aliphatic carbocycles. The van der Waals surface area contributed by atoms with E-state index in [9.17, 15) is 4.79 Å². The number of amides is 2. The number of pyridine rings is 1. The highest BCUT2D eigenvalue weighted by Crippen LogP contribution is 2.34. The van der Waals surface area contributed by atoms with Crippen LogP contribution >= 0.6 is 12.2 Å². The van der Waals surface area contributed by atoms with E-state index in [1.54, 1.807) is 24.4 Å². The highest BCUT2D eigenvalue weighted by molar-refractivity contribution is 7.80. The summed E-state index contributed by atoms with van der Waals surface area (Å²) in [6.45, 7) is 6.72. The van der Waals surface area contributed by atoms with Crippen molar-refractivity contribution >= 4 is 29.1 Å². The highest BCUT2D eigenvalue weighted by Gasteiger charge is 2.41. The van der Waals surface area contributed by atoms with E-state index in [0.717, 1.165) is 5.56 Å². The van der Waals surface area contributed by atoms with Gasteiger partial charge in [0, 0.05) is 17.8 Å². The van der Waals surface area contributed by atoms with Crippen molar-refractivity contribution in [2.45, 2.75) is 32.9 Å². The average Bonchev–Trinajstić information content (AvgIpc) is 2.99. The first-order valence-electron chi connectivity index (χ1n) is 9.16. The van der Waals surface area contributed by atoms with E-state index >= 15 is 0 Å². The van der Waals surface area contributed by atoms with Gasteiger partial charge in [-0.2, -0.15) is 0 Å². The minimum Gasteiger partial charge on any atom is -0.492 e. The molecule has 2 aromatic rings. The van der Waals surface area contributed by atoms with Gasteiger partial charge in [0.2, 0.25) is 5.88 Å². The number of aromatic nitrogens is 1. The Morgan fingerprint density at radius 1 is 1.21 bits per heavy atom. The van der Waals surface area contributed by atoms with Crippen LogP contribution in [0.25, 0.3) is 0 Å². The molecule has 2 atom stereocenters. The molecule has 7 nitrogen and oxygen atoms in total. The van der Waals surface area contributed by atoms with Crippen LogP contribution < -0.4 is 14.8 Å². The van der Waals surface area contributed by atoms with E-state index in [4.69, 9.17) is 26.4 Å². The number of thiocarbonyl (C=S) groups is 1. The molecule has 1 N–H and O–H groups in total. The van der Waals surface area contributed by atoms with Gasteiger partial charge in [0.25, 0.3) is 5.17 Å². The molecule has 1 aliphatic rings. The number of benzene rings is 1. The van der Waals surface area contributed by atoms with E-state index in [1.807, 2.05) is 39.0 Å². The number of hydrogen-bond donors (Lipinski definition) is 1. The predicted octanol–water partition coefficient (Wildman–Crippen LogP) is 4.16. The van der Waals surface area contributed by atoms with Gasteiger partial charge in [0.05, 0.1) is 24.9 Å². The van der Waals surface area contributed by atoms with Crippen molar-refractivity contribution in [1.29, 1.82) is 0 Å². The van der Waals surface area contributed by atoms with Crippen LogP contribution in [-0.4, -0.2) is 40.3 Å². The number of carbonyl (C=O) groups is 1. The molecular formula is C20H23N3O4S. The van der Waals surface area contributed by atoms with E-state index in [-0.39, 0.29) is 17.2 Å². The molecule has 1 saturated heterocycles. The number of ether oxygens (including phenoxy) is 3. The molecule has 0 saturated carbocycles. The van der Waals surface area contributed by atoms with Crippen molar-refractivity contribution in [3.63, 3.8) is 0 Å². The normalized spacial score (nSPS) is 18.5. The number of nitrogens with one attached hydrogen (secondary N) is 1. The Morgan fingerprint density at radius 2 is 1.96 bits per heavy atom. The average molecular weight is 401 g/mol. The van der Waals surface area contributed by atoms with Crippen LogP contribution in [0.5, 0.6) is 11.6 Å². The third-order valence-electron chi connectivity index (χ3n) is 4.30. The van der Waals surface area contributed by atoms with Gasteiger partial charge in [-0.25, -0.2) is 14.7 Å². The lowest BCUT2D eigenvalue weighted by Gasteiger charge is -2.21. The third kappa shape index (κ3) is 4.17. The largest absolute Gasteiger partial charge is 0.492 e. The summed E-state index contributed by atoms with van der Waals surface area (Å²) in [6.07, 6.45) is 1.28. The lowest BCUT2D eigenvalue weighted by atomic mass is 10.1. The summed E-state index contributed by atoms with van der Waals surface area (Å²) in [5, 5.41) is 2.98. The smallest absolute Gasteiger partial charge is 0.329 e. The Bertz CT molecular complexity index is 844. The van der Waals surface area contributed by atoms with Gasteiger partial charge in [0.1, 0.15) is 11.9 Å². The first-order valence-corrected chi connectivity index (χ1v) is 9.57. The zero-order valence-corrected chi connectivity index (χ0v) is 16.9. The van der Waals surface area contributed by atoms with E-state index in [2.05, 4.69) is 10.3 Å². The van der Waals surface area contributed by atoms with Gasteiger partial charge in [-0.15, -0.1) is 0 Å². The number of carbonyl (C=O) groups excluding carboxylic acids is 1. The van der Waals surface area contributed by atoms with Crippen LogP contribution in [-0.2, 0) is 4.74 Å². The number of para-hydroxylation sites is 2. The Labute approximate surface area is 169 Å². The summed E-state index contributed by atoms with van der Waals surface area (Å²) in [6, 6.07) is 10.2. The minimum atomic E-state index is -0.399. The summed E-state index contributed by atoms with van der Waals surface area (Å²) in [4.78, 5) is 18.6. The summed E-state index contributed by atoms with van der Waals surface area (Å²) in [5.41, 5.74) is 1.40. The molecule has 1 fully saturated rings. The quantitative estimate of drug-likeness (QED) is 0.733. The summed E-state index contributed by atoms with van der Waals surface area (Å²) >= 11 is 5.31. The predicted molar refractivity (Wildman–Crippen MR) is 110 cm³/mol. The first-order chi connectivity index (χ1) is 13.5. The fraction of sp³-hybridized carbons (Fsp3) is 0.350. The molecule has 1 aromatic heterocycles.